The van der Waals surface area contributed by atoms with E-state index in [-0.39, 0.29) is 27.6 Å². The van der Waals surface area contributed by atoms with Crippen molar-refractivity contribution in [2.24, 2.45) is 5.92 Å². The van der Waals surface area contributed by atoms with Crippen LogP contribution in [0.5, 0.6) is 5.75 Å². The molecule has 0 spiro atoms. The standard InChI is InChI=1S/C10H9Cl2NO2/c11-7-3-6(4-8(12)9(7)14)13-10(15)5-1-2-5/h3-5,14H,1-2H2,(H,13,15). The third kappa shape index (κ3) is 2.36. The highest BCUT2D eigenvalue weighted by Crippen LogP contribution is 2.36. The summed E-state index contributed by atoms with van der Waals surface area (Å²) in [7, 11) is 0. The number of rotatable bonds is 2. The summed E-state index contributed by atoms with van der Waals surface area (Å²) in [4.78, 5) is 11.4. The Morgan fingerprint density at radius 2 is 1.87 bits per heavy atom. The lowest BCUT2D eigenvalue weighted by Crippen LogP contribution is -2.13. The van der Waals surface area contributed by atoms with Crippen LogP contribution < -0.4 is 5.32 Å². The van der Waals surface area contributed by atoms with Crippen LogP contribution in [0, 0.1) is 5.92 Å². The number of halogens is 2. The van der Waals surface area contributed by atoms with E-state index in [0.717, 1.165) is 12.8 Å². The van der Waals surface area contributed by atoms with E-state index in [2.05, 4.69) is 5.32 Å². The van der Waals surface area contributed by atoms with Gasteiger partial charge in [0.1, 0.15) is 0 Å². The van der Waals surface area contributed by atoms with Gasteiger partial charge in [-0.25, -0.2) is 0 Å². The molecule has 1 aromatic carbocycles. The predicted octanol–water partition coefficient (Wildman–Crippen LogP) is 3.05. The summed E-state index contributed by atoms with van der Waals surface area (Å²) in [6.07, 6.45) is 1.87. The number of phenolic OH excluding ortho intramolecular Hbond substituents is 1. The molecule has 0 unspecified atom stereocenters. The van der Waals surface area contributed by atoms with Gasteiger partial charge in [-0.05, 0) is 25.0 Å². The van der Waals surface area contributed by atoms with Gasteiger partial charge in [0.2, 0.25) is 5.91 Å². The minimum absolute atomic E-state index is 0.0205. The number of benzene rings is 1. The van der Waals surface area contributed by atoms with Crippen molar-refractivity contribution in [3.63, 3.8) is 0 Å². The first-order chi connectivity index (χ1) is 7.08. The molecule has 0 bridgehead atoms. The van der Waals surface area contributed by atoms with Gasteiger partial charge in [0, 0.05) is 11.6 Å². The van der Waals surface area contributed by atoms with Crippen molar-refractivity contribution in [1.82, 2.24) is 0 Å². The van der Waals surface area contributed by atoms with Crippen LogP contribution in [-0.4, -0.2) is 11.0 Å². The summed E-state index contributed by atoms with van der Waals surface area (Å²) in [5.41, 5.74) is 0.514. The van der Waals surface area contributed by atoms with Gasteiger partial charge in [-0.2, -0.15) is 0 Å². The minimum Gasteiger partial charge on any atom is -0.505 e. The Morgan fingerprint density at radius 3 is 2.33 bits per heavy atom. The lowest BCUT2D eigenvalue weighted by atomic mass is 10.3. The van der Waals surface area contributed by atoms with E-state index in [4.69, 9.17) is 23.2 Å². The number of phenols is 1. The van der Waals surface area contributed by atoms with Crippen LogP contribution in [0.2, 0.25) is 10.0 Å². The van der Waals surface area contributed by atoms with Crippen LogP contribution in [-0.2, 0) is 4.79 Å². The van der Waals surface area contributed by atoms with Crippen molar-refractivity contribution in [2.75, 3.05) is 5.32 Å². The summed E-state index contributed by atoms with van der Waals surface area (Å²) in [6, 6.07) is 2.95. The van der Waals surface area contributed by atoms with Crippen molar-refractivity contribution in [2.45, 2.75) is 12.8 Å². The number of hydrogen-bond acceptors (Lipinski definition) is 2. The van der Waals surface area contributed by atoms with E-state index in [1.54, 1.807) is 0 Å². The van der Waals surface area contributed by atoms with Crippen LogP contribution in [0.1, 0.15) is 12.8 Å². The number of carbonyl (C=O) groups excluding carboxylic acids is 1. The maximum atomic E-state index is 11.4. The van der Waals surface area contributed by atoms with Crippen LogP contribution in [0.4, 0.5) is 5.69 Å². The van der Waals surface area contributed by atoms with Crippen molar-refractivity contribution in [3.8, 4) is 5.75 Å². The van der Waals surface area contributed by atoms with E-state index < -0.39 is 0 Å². The molecule has 3 nitrogen and oxygen atoms in total. The normalized spacial score (nSPS) is 15.1. The zero-order chi connectivity index (χ0) is 11.0. The van der Waals surface area contributed by atoms with E-state index >= 15 is 0 Å². The van der Waals surface area contributed by atoms with Gasteiger partial charge in [-0.15, -0.1) is 0 Å². The topological polar surface area (TPSA) is 49.3 Å². The quantitative estimate of drug-likeness (QED) is 0.788. The maximum absolute atomic E-state index is 11.4. The Bertz CT molecular complexity index is 393. The molecule has 80 valence electrons. The summed E-state index contributed by atoms with van der Waals surface area (Å²) in [6.45, 7) is 0. The molecule has 0 radical (unpaired) electrons. The monoisotopic (exact) mass is 245 g/mol. The molecule has 15 heavy (non-hydrogen) atoms. The SMILES string of the molecule is O=C(Nc1cc(Cl)c(O)c(Cl)c1)C1CC1. The molecule has 1 amide bonds. The lowest BCUT2D eigenvalue weighted by molar-refractivity contribution is -0.117. The van der Waals surface area contributed by atoms with Crippen LogP contribution in [0.3, 0.4) is 0 Å². The van der Waals surface area contributed by atoms with Crippen molar-refractivity contribution >= 4 is 34.8 Å². The smallest absolute Gasteiger partial charge is 0.227 e. The Morgan fingerprint density at radius 1 is 1.33 bits per heavy atom. The Hall–Kier alpha value is -0.930. The highest BCUT2D eigenvalue weighted by molar-refractivity contribution is 6.37. The molecule has 1 aromatic rings. The zero-order valence-electron chi connectivity index (χ0n) is 7.76. The molecule has 1 aliphatic carbocycles. The van der Waals surface area contributed by atoms with E-state index in [1.165, 1.54) is 12.1 Å². The van der Waals surface area contributed by atoms with Gasteiger partial charge in [-0.3, -0.25) is 4.79 Å². The summed E-state index contributed by atoms with van der Waals surface area (Å²) < 4.78 is 0. The van der Waals surface area contributed by atoms with Gasteiger partial charge >= 0.3 is 0 Å². The highest BCUT2D eigenvalue weighted by atomic mass is 35.5. The molecule has 2 rings (SSSR count). The number of aromatic hydroxyl groups is 1. The van der Waals surface area contributed by atoms with Crippen molar-refractivity contribution in [1.29, 1.82) is 0 Å². The van der Waals surface area contributed by atoms with Gasteiger partial charge < -0.3 is 10.4 Å². The van der Waals surface area contributed by atoms with E-state index in [0.29, 0.717) is 5.69 Å². The fourth-order valence-corrected chi connectivity index (χ4v) is 1.71. The predicted molar refractivity (Wildman–Crippen MR) is 59.5 cm³/mol. The number of anilines is 1. The lowest BCUT2D eigenvalue weighted by Gasteiger charge is -2.06. The maximum Gasteiger partial charge on any atom is 0.227 e. The summed E-state index contributed by atoms with van der Waals surface area (Å²) in [5, 5.41) is 12.3. The second kappa shape index (κ2) is 3.91. The number of amides is 1. The number of carbonyl (C=O) groups is 1. The first-order valence-corrected chi connectivity index (χ1v) is 5.32. The third-order valence-electron chi connectivity index (χ3n) is 2.23. The van der Waals surface area contributed by atoms with Crippen molar-refractivity contribution < 1.29 is 9.90 Å². The number of hydrogen-bond donors (Lipinski definition) is 2. The number of nitrogens with one attached hydrogen (secondary N) is 1. The Balaban J connectivity index is 2.17. The van der Waals surface area contributed by atoms with Crippen LogP contribution in [0.25, 0.3) is 0 Å². The van der Waals surface area contributed by atoms with Gasteiger partial charge in [-0.1, -0.05) is 23.2 Å². The zero-order valence-corrected chi connectivity index (χ0v) is 9.27. The van der Waals surface area contributed by atoms with Gasteiger partial charge in [0.05, 0.1) is 10.0 Å². The van der Waals surface area contributed by atoms with Gasteiger partial charge in [0.15, 0.2) is 5.75 Å². The summed E-state index contributed by atoms with van der Waals surface area (Å²) in [5.74, 6) is -0.0630. The van der Waals surface area contributed by atoms with Gasteiger partial charge in [0.25, 0.3) is 0 Å². The average molecular weight is 246 g/mol. The highest BCUT2D eigenvalue weighted by Gasteiger charge is 2.29. The fourth-order valence-electron chi connectivity index (χ4n) is 1.23. The van der Waals surface area contributed by atoms with Crippen LogP contribution >= 0.6 is 23.2 Å². The third-order valence-corrected chi connectivity index (χ3v) is 2.81. The molecule has 0 atom stereocenters. The first-order valence-electron chi connectivity index (χ1n) is 4.57. The second-order valence-corrected chi connectivity index (χ2v) is 4.37. The molecule has 5 heteroatoms. The minimum atomic E-state index is -0.164. The fraction of sp³-hybridized carbons (Fsp3) is 0.300. The molecule has 0 saturated heterocycles. The molecule has 1 fully saturated rings. The second-order valence-electron chi connectivity index (χ2n) is 3.55. The molecule has 0 aromatic heterocycles. The largest absolute Gasteiger partial charge is 0.505 e. The van der Waals surface area contributed by atoms with Crippen molar-refractivity contribution in [3.05, 3.63) is 22.2 Å². The van der Waals surface area contributed by atoms with E-state index in [1.807, 2.05) is 0 Å². The molecule has 2 N–H and O–H groups in total. The molecule has 1 aliphatic rings. The molecular weight excluding hydrogens is 237 g/mol. The summed E-state index contributed by atoms with van der Waals surface area (Å²) >= 11 is 11.4. The first kappa shape index (κ1) is 10.6. The van der Waals surface area contributed by atoms with E-state index in [9.17, 15) is 9.90 Å². The average Bonchev–Trinajstić information content (AvgIpc) is 2.96. The van der Waals surface area contributed by atoms with Crippen LogP contribution in [0.15, 0.2) is 12.1 Å². The molecule has 0 heterocycles. The Kier molecular flexibility index (Phi) is 2.76. The molecule has 1 saturated carbocycles. The molecule has 0 aliphatic heterocycles. The molecular formula is C10H9Cl2NO2. The Labute approximate surface area is 97.0 Å².